The van der Waals surface area contributed by atoms with E-state index in [-0.39, 0.29) is 23.2 Å². The molecule has 0 spiro atoms. The zero-order chi connectivity index (χ0) is 11.7. The van der Waals surface area contributed by atoms with E-state index in [1.165, 1.54) is 4.57 Å². The molecule has 1 atom stereocenters. The molecule has 0 saturated carbocycles. The number of hydrogen-bond donors (Lipinski definition) is 3. The van der Waals surface area contributed by atoms with Gasteiger partial charge in [-0.3, -0.25) is 9.59 Å². The van der Waals surface area contributed by atoms with E-state index in [0.29, 0.717) is 5.69 Å². The summed E-state index contributed by atoms with van der Waals surface area (Å²) >= 11 is 0. The second-order valence-electron chi connectivity index (χ2n) is 3.84. The van der Waals surface area contributed by atoms with Gasteiger partial charge in [0.2, 0.25) is 5.91 Å². The van der Waals surface area contributed by atoms with E-state index in [0.717, 1.165) is 13.0 Å². The van der Waals surface area contributed by atoms with Gasteiger partial charge >= 0.3 is 0 Å². The summed E-state index contributed by atoms with van der Waals surface area (Å²) in [6, 6.07) is 1.45. The fraction of sp³-hybridized carbons (Fsp3) is 0.400. The lowest BCUT2D eigenvalue weighted by Crippen LogP contribution is -2.51. The third kappa shape index (κ3) is 1.79. The van der Waals surface area contributed by atoms with Crippen molar-refractivity contribution in [3.05, 3.63) is 22.6 Å². The van der Waals surface area contributed by atoms with Crippen LogP contribution in [0.2, 0.25) is 0 Å². The van der Waals surface area contributed by atoms with E-state index in [1.807, 2.05) is 0 Å². The zero-order valence-corrected chi connectivity index (χ0v) is 8.99. The van der Waals surface area contributed by atoms with Gasteiger partial charge in [-0.2, -0.15) is 0 Å². The van der Waals surface area contributed by atoms with Gasteiger partial charge in [-0.15, -0.1) is 0 Å². The minimum absolute atomic E-state index is 0.0673. The highest BCUT2D eigenvalue weighted by Crippen LogP contribution is 2.14. The number of amides is 1. The maximum Gasteiger partial charge on any atom is 0.275 e. The number of nitrogen functional groups attached to an aromatic ring is 1. The van der Waals surface area contributed by atoms with Crippen LogP contribution in [0.1, 0.15) is 6.42 Å². The molecule has 4 N–H and O–H groups in total. The van der Waals surface area contributed by atoms with Gasteiger partial charge in [-0.25, -0.2) is 0 Å². The van der Waals surface area contributed by atoms with Crippen molar-refractivity contribution in [1.29, 1.82) is 0 Å². The van der Waals surface area contributed by atoms with Gasteiger partial charge in [0.25, 0.3) is 5.56 Å². The standard InChI is InChI=1S/C10H14N4O2/c1-14-5-3-6(8(11)10(14)16)13-9(15)7-2-4-12-7/h3,5,7,12H,2,4,11H2,1H3,(H,13,15)/t7-/m0/s1. The molecule has 1 saturated heterocycles. The van der Waals surface area contributed by atoms with Crippen LogP contribution in [0, 0.1) is 0 Å². The van der Waals surface area contributed by atoms with Crippen LogP contribution in [0.15, 0.2) is 17.1 Å². The van der Waals surface area contributed by atoms with Crippen molar-refractivity contribution in [3.8, 4) is 0 Å². The number of nitrogens with zero attached hydrogens (tertiary/aromatic N) is 1. The van der Waals surface area contributed by atoms with E-state index in [4.69, 9.17) is 5.73 Å². The molecule has 2 rings (SSSR count). The van der Waals surface area contributed by atoms with Crippen molar-refractivity contribution in [1.82, 2.24) is 9.88 Å². The Balaban J connectivity index is 2.18. The fourth-order valence-corrected chi connectivity index (χ4v) is 1.49. The van der Waals surface area contributed by atoms with Gasteiger partial charge in [0, 0.05) is 13.2 Å². The van der Waals surface area contributed by atoms with Crippen molar-refractivity contribution in [2.45, 2.75) is 12.5 Å². The summed E-state index contributed by atoms with van der Waals surface area (Å²) in [4.78, 5) is 23.1. The van der Waals surface area contributed by atoms with Crippen molar-refractivity contribution >= 4 is 17.3 Å². The number of carbonyl (C=O) groups excluding carboxylic acids is 1. The van der Waals surface area contributed by atoms with E-state index < -0.39 is 0 Å². The van der Waals surface area contributed by atoms with Gasteiger partial charge in [-0.05, 0) is 19.0 Å². The average molecular weight is 222 g/mol. The van der Waals surface area contributed by atoms with Crippen molar-refractivity contribution in [2.75, 3.05) is 17.6 Å². The number of carbonyl (C=O) groups is 1. The number of aromatic nitrogens is 1. The molecule has 0 bridgehead atoms. The minimum atomic E-state index is -0.306. The first kappa shape index (κ1) is 10.7. The minimum Gasteiger partial charge on any atom is -0.393 e. The quantitative estimate of drug-likeness (QED) is 0.615. The second-order valence-corrected chi connectivity index (χ2v) is 3.84. The third-order valence-electron chi connectivity index (χ3n) is 2.70. The van der Waals surface area contributed by atoms with Gasteiger partial charge < -0.3 is 20.9 Å². The first-order chi connectivity index (χ1) is 7.59. The van der Waals surface area contributed by atoms with Crippen LogP contribution in [0.4, 0.5) is 11.4 Å². The highest BCUT2D eigenvalue weighted by atomic mass is 16.2. The maximum absolute atomic E-state index is 11.6. The Hall–Kier alpha value is -1.82. The van der Waals surface area contributed by atoms with Crippen molar-refractivity contribution < 1.29 is 4.79 Å². The molecule has 1 aliphatic rings. The lowest BCUT2D eigenvalue weighted by molar-refractivity contribution is -0.119. The van der Waals surface area contributed by atoms with E-state index in [9.17, 15) is 9.59 Å². The summed E-state index contributed by atoms with van der Waals surface area (Å²) < 4.78 is 1.37. The Morgan fingerprint density at radius 2 is 2.38 bits per heavy atom. The molecule has 0 aliphatic carbocycles. The number of pyridine rings is 1. The molecule has 0 aromatic carbocycles. The van der Waals surface area contributed by atoms with Crippen LogP contribution in [0.25, 0.3) is 0 Å². The number of hydrogen-bond acceptors (Lipinski definition) is 4. The monoisotopic (exact) mass is 222 g/mol. The fourth-order valence-electron chi connectivity index (χ4n) is 1.49. The molecule has 6 nitrogen and oxygen atoms in total. The van der Waals surface area contributed by atoms with Crippen LogP contribution in [-0.4, -0.2) is 23.1 Å². The molecule has 86 valence electrons. The predicted octanol–water partition coefficient (Wildman–Crippen LogP) is -0.732. The largest absolute Gasteiger partial charge is 0.393 e. The van der Waals surface area contributed by atoms with Gasteiger partial charge in [0.05, 0.1) is 11.7 Å². The Labute approximate surface area is 92.4 Å². The Kier molecular flexibility index (Phi) is 2.66. The highest BCUT2D eigenvalue weighted by molar-refractivity contribution is 5.97. The van der Waals surface area contributed by atoms with Gasteiger partial charge in [-0.1, -0.05) is 0 Å². The molecule has 16 heavy (non-hydrogen) atoms. The Bertz CT molecular complexity index is 476. The molecule has 1 aromatic heterocycles. The first-order valence-electron chi connectivity index (χ1n) is 5.09. The summed E-state index contributed by atoms with van der Waals surface area (Å²) in [5.74, 6) is -0.147. The van der Waals surface area contributed by atoms with Crippen LogP contribution in [0.3, 0.4) is 0 Å². The predicted molar refractivity (Wildman–Crippen MR) is 61.1 cm³/mol. The van der Waals surface area contributed by atoms with Crippen LogP contribution in [-0.2, 0) is 11.8 Å². The number of nitrogens with two attached hydrogens (primary N) is 1. The van der Waals surface area contributed by atoms with Crippen molar-refractivity contribution in [3.63, 3.8) is 0 Å². The zero-order valence-electron chi connectivity index (χ0n) is 8.99. The number of nitrogens with one attached hydrogen (secondary N) is 2. The Morgan fingerprint density at radius 3 is 2.94 bits per heavy atom. The van der Waals surface area contributed by atoms with Crippen LogP contribution < -0.4 is 21.9 Å². The summed E-state index contributed by atoms with van der Waals surface area (Å²) in [5.41, 5.74) is 5.76. The molecule has 1 aliphatic heterocycles. The van der Waals surface area contributed by atoms with Crippen molar-refractivity contribution in [2.24, 2.45) is 7.05 Å². The molecule has 0 radical (unpaired) electrons. The molecule has 1 amide bonds. The summed E-state index contributed by atoms with van der Waals surface area (Å²) in [7, 11) is 1.61. The highest BCUT2D eigenvalue weighted by Gasteiger charge is 2.24. The lowest BCUT2D eigenvalue weighted by Gasteiger charge is -2.26. The summed E-state index contributed by atoms with van der Waals surface area (Å²) in [6.07, 6.45) is 2.39. The van der Waals surface area contributed by atoms with E-state index in [2.05, 4.69) is 10.6 Å². The second kappa shape index (κ2) is 3.97. The topological polar surface area (TPSA) is 89.2 Å². The summed E-state index contributed by atoms with van der Waals surface area (Å²) in [6.45, 7) is 0.851. The third-order valence-corrected chi connectivity index (χ3v) is 2.70. The van der Waals surface area contributed by atoms with Crippen LogP contribution >= 0.6 is 0 Å². The van der Waals surface area contributed by atoms with E-state index in [1.54, 1.807) is 19.3 Å². The molecular formula is C10H14N4O2. The Morgan fingerprint density at radius 1 is 1.69 bits per heavy atom. The summed E-state index contributed by atoms with van der Waals surface area (Å²) in [5, 5.41) is 5.62. The molecule has 6 heteroatoms. The van der Waals surface area contributed by atoms with Crippen LogP contribution in [0.5, 0.6) is 0 Å². The molecule has 2 heterocycles. The average Bonchev–Trinajstić information content (AvgIpc) is 2.16. The first-order valence-corrected chi connectivity index (χ1v) is 5.09. The number of aryl methyl sites for hydroxylation is 1. The lowest BCUT2D eigenvalue weighted by atomic mass is 10.1. The smallest absolute Gasteiger partial charge is 0.275 e. The molecule has 1 aromatic rings. The molecular weight excluding hydrogens is 208 g/mol. The number of anilines is 2. The van der Waals surface area contributed by atoms with Gasteiger partial charge in [0.15, 0.2) is 0 Å². The van der Waals surface area contributed by atoms with Gasteiger partial charge in [0.1, 0.15) is 5.69 Å². The normalized spacial score (nSPS) is 18.9. The van der Waals surface area contributed by atoms with E-state index >= 15 is 0 Å². The maximum atomic E-state index is 11.6. The molecule has 0 unspecified atom stereocenters. The number of rotatable bonds is 2. The SMILES string of the molecule is Cn1ccc(NC(=O)[C@@H]2CCN2)c(N)c1=O. The molecule has 1 fully saturated rings.